The Bertz CT molecular complexity index is 432. The molecule has 0 aliphatic rings. The van der Waals surface area contributed by atoms with Crippen LogP contribution < -0.4 is 4.74 Å². The van der Waals surface area contributed by atoms with Gasteiger partial charge in [-0.25, -0.2) is 4.39 Å². The summed E-state index contributed by atoms with van der Waals surface area (Å²) in [4.78, 5) is 0. The molecule has 1 aromatic carbocycles. The highest BCUT2D eigenvalue weighted by atomic mass is 19.1. The maximum atomic E-state index is 13.2. The van der Waals surface area contributed by atoms with Crippen LogP contribution in [0.1, 0.15) is 57.9 Å². The summed E-state index contributed by atoms with van der Waals surface area (Å²) in [5.41, 5.74) is 1.04. The Kier molecular flexibility index (Phi) is 7.70. The predicted octanol–water partition coefficient (Wildman–Crippen LogP) is 4.76. The number of rotatable bonds is 9. The SMILES string of the molecule is CCCCCCCCOc1cc(F)ccc1C(C)=NO. The molecule has 4 heteroatoms. The fraction of sp³-hybridized carbons (Fsp3) is 0.562. The lowest BCUT2D eigenvalue weighted by Crippen LogP contribution is -2.04. The summed E-state index contributed by atoms with van der Waals surface area (Å²) >= 11 is 0. The summed E-state index contributed by atoms with van der Waals surface area (Å²) in [6.45, 7) is 4.41. The van der Waals surface area contributed by atoms with Crippen molar-refractivity contribution in [3.8, 4) is 5.75 Å². The zero-order valence-electron chi connectivity index (χ0n) is 12.4. The highest BCUT2D eigenvalue weighted by molar-refractivity contribution is 6.00. The molecule has 0 aliphatic heterocycles. The molecule has 0 aliphatic carbocycles. The van der Waals surface area contributed by atoms with Crippen LogP contribution in [0.3, 0.4) is 0 Å². The van der Waals surface area contributed by atoms with Gasteiger partial charge < -0.3 is 9.94 Å². The van der Waals surface area contributed by atoms with Gasteiger partial charge in [0, 0.05) is 11.6 Å². The third-order valence-electron chi connectivity index (χ3n) is 3.24. The van der Waals surface area contributed by atoms with Crippen LogP contribution in [0.2, 0.25) is 0 Å². The van der Waals surface area contributed by atoms with Crippen molar-refractivity contribution in [3.63, 3.8) is 0 Å². The summed E-state index contributed by atoms with van der Waals surface area (Å²) in [6.07, 6.45) is 7.07. The highest BCUT2D eigenvalue weighted by Gasteiger charge is 2.08. The van der Waals surface area contributed by atoms with Crippen LogP contribution in [0.25, 0.3) is 0 Å². The van der Waals surface area contributed by atoms with Crippen molar-refractivity contribution in [1.82, 2.24) is 0 Å². The average molecular weight is 281 g/mol. The molecule has 1 rings (SSSR count). The Morgan fingerprint density at radius 2 is 1.90 bits per heavy atom. The van der Waals surface area contributed by atoms with Gasteiger partial charge in [-0.2, -0.15) is 0 Å². The summed E-state index contributed by atoms with van der Waals surface area (Å²) < 4.78 is 18.9. The maximum Gasteiger partial charge on any atom is 0.131 e. The molecule has 0 saturated carbocycles. The molecule has 0 saturated heterocycles. The van der Waals surface area contributed by atoms with Gasteiger partial charge in [-0.1, -0.05) is 44.2 Å². The molecule has 1 N–H and O–H groups in total. The molecular weight excluding hydrogens is 257 g/mol. The first-order valence-corrected chi connectivity index (χ1v) is 7.30. The van der Waals surface area contributed by atoms with E-state index in [1.807, 2.05) is 0 Å². The van der Waals surface area contributed by atoms with E-state index in [2.05, 4.69) is 12.1 Å². The smallest absolute Gasteiger partial charge is 0.131 e. The Hall–Kier alpha value is -1.58. The van der Waals surface area contributed by atoms with Crippen LogP contribution in [0, 0.1) is 5.82 Å². The topological polar surface area (TPSA) is 41.8 Å². The lowest BCUT2D eigenvalue weighted by Gasteiger charge is -2.11. The van der Waals surface area contributed by atoms with E-state index >= 15 is 0 Å². The molecule has 0 fully saturated rings. The lowest BCUT2D eigenvalue weighted by atomic mass is 10.1. The number of halogens is 1. The van der Waals surface area contributed by atoms with Crippen molar-refractivity contribution in [1.29, 1.82) is 0 Å². The molecular formula is C16H24FNO2. The number of hydrogen-bond donors (Lipinski definition) is 1. The molecule has 0 amide bonds. The first-order chi connectivity index (χ1) is 9.69. The van der Waals surface area contributed by atoms with E-state index in [4.69, 9.17) is 9.94 Å². The molecule has 112 valence electrons. The molecule has 0 bridgehead atoms. The molecule has 0 spiro atoms. The van der Waals surface area contributed by atoms with Gasteiger partial charge in [0.25, 0.3) is 0 Å². The Balaban J connectivity index is 2.44. The van der Waals surface area contributed by atoms with Gasteiger partial charge in [0.2, 0.25) is 0 Å². The number of oxime groups is 1. The van der Waals surface area contributed by atoms with Gasteiger partial charge >= 0.3 is 0 Å². The minimum atomic E-state index is -0.350. The van der Waals surface area contributed by atoms with Crippen molar-refractivity contribution in [2.75, 3.05) is 6.61 Å². The number of hydrogen-bond acceptors (Lipinski definition) is 3. The minimum absolute atomic E-state index is 0.350. The molecule has 0 heterocycles. The van der Waals surface area contributed by atoms with Crippen LogP contribution in [0.5, 0.6) is 5.75 Å². The molecule has 0 aromatic heterocycles. The monoisotopic (exact) mass is 281 g/mol. The fourth-order valence-electron chi connectivity index (χ4n) is 2.03. The largest absolute Gasteiger partial charge is 0.493 e. The van der Waals surface area contributed by atoms with Crippen molar-refractivity contribution in [2.24, 2.45) is 5.16 Å². The van der Waals surface area contributed by atoms with Crippen LogP contribution in [-0.4, -0.2) is 17.5 Å². The third kappa shape index (κ3) is 5.59. The Labute approximate surface area is 120 Å². The van der Waals surface area contributed by atoms with Gasteiger partial charge in [0.05, 0.1) is 12.3 Å². The second kappa shape index (κ2) is 9.34. The zero-order chi connectivity index (χ0) is 14.8. The number of benzene rings is 1. The Morgan fingerprint density at radius 3 is 2.60 bits per heavy atom. The van der Waals surface area contributed by atoms with Crippen molar-refractivity contribution >= 4 is 5.71 Å². The van der Waals surface area contributed by atoms with Gasteiger partial charge in [-0.3, -0.25) is 0 Å². The number of ether oxygens (including phenoxy) is 1. The van der Waals surface area contributed by atoms with Crippen LogP contribution >= 0.6 is 0 Å². The van der Waals surface area contributed by atoms with Gasteiger partial charge in [-0.15, -0.1) is 0 Å². The Morgan fingerprint density at radius 1 is 1.20 bits per heavy atom. The maximum absolute atomic E-state index is 13.2. The normalized spacial score (nSPS) is 11.7. The van der Waals surface area contributed by atoms with Crippen molar-refractivity contribution < 1.29 is 14.3 Å². The van der Waals surface area contributed by atoms with Crippen molar-refractivity contribution in [3.05, 3.63) is 29.6 Å². The molecule has 0 unspecified atom stereocenters. The van der Waals surface area contributed by atoms with Crippen LogP contribution in [-0.2, 0) is 0 Å². The van der Waals surface area contributed by atoms with E-state index in [0.29, 0.717) is 23.6 Å². The van der Waals surface area contributed by atoms with Gasteiger partial charge in [-0.05, 0) is 25.5 Å². The molecule has 0 radical (unpaired) electrons. The number of nitrogens with zero attached hydrogens (tertiary/aromatic N) is 1. The summed E-state index contributed by atoms with van der Waals surface area (Å²) in [7, 11) is 0. The number of unbranched alkanes of at least 4 members (excludes halogenated alkanes) is 5. The highest BCUT2D eigenvalue weighted by Crippen LogP contribution is 2.21. The van der Waals surface area contributed by atoms with E-state index in [-0.39, 0.29) is 5.82 Å². The zero-order valence-corrected chi connectivity index (χ0v) is 12.4. The van der Waals surface area contributed by atoms with E-state index in [1.165, 1.54) is 37.8 Å². The minimum Gasteiger partial charge on any atom is -0.493 e. The molecule has 3 nitrogen and oxygen atoms in total. The fourth-order valence-corrected chi connectivity index (χ4v) is 2.03. The van der Waals surface area contributed by atoms with Gasteiger partial charge in [0.15, 0.2) is 0 Å². The lowest BCUT2D eigenvalue weighted by molar-refractivity contribution is 0.300. The van der Waals surface area contributed by atoms with E-state index < -0.39 is 0 Å². The summed E-state index contributed by atoms with van der Waals surface area (Å²) in [6, 6.07) is 4.24. The molecule has 20 heavy (non-hydrogen) atoms. The summed E-state index contributed by atoms with van der Waals surface area (Å²) in [5, 5.41) is 12.0. The first kappa shape index (κ1) is 16.5. The predicted molar refractivity (Wildman–Crippen MR) is 79.3 cm³/mol. The first-order valence-electron chi connectivity index (χ1n) is 7.30. The van der Waals surface area contributed by atoms with E-state index in [9.17, 15) is 4.39 Å². The second-order valence-electron chi connectivity index (χ2n) is 4.94. The van der Waals surface area contributed by atoms with Crippen LogP contribution in [0.4, 0.5) is 4.39 Å². The quantitative estimate of drug-likeness (QED) is 0.307. The summed E-state index contributed by atoms with van der Waals surface area (Å²) in [5.74, 6) is 0.0892. The second-order valence-corrected chi connectivity index (χ2v) is 4.94. The van der Waals surface area contributed by atoms with Crippen LogP contribution in [0.15, 0.2) is 23.4 Å². The average Bonchev–Trinajstić information content (AvgIpc) is 2.45. The molecule has 0 atom stereocenters. The van der Waals surface area contributed by atoms with E-state index in [1.54, 1.807) is 13.0 Å². The van der Waals surface area contributed by atoms with E-state index in [0.717, 1.165) is 12.8 Å². The molecule has 1 aromatic rings. The van der Waals surface area contributed by atoms with Gasteiger partial charge in [0.1, 0.15) is 11.6 Å². The van der Waals surface area contributed by atoms with Crippen molar-refractivity contribution in [2.45, 2.75) is 52.4 Å². The third-order valence-corrected chi connectivity index (χ3v) is 3.24. The standard InChI is InChI=1S/C16H24FNO2/c1-3-4-5-6-7-8-11-20-16-12-14(17)9-10-15(16)13(2)18-19/h9-10,12,19H,3-8,11H2,1-2H3.